The first-order chi connectivity index (χ1) is 30.3. The first kappa shape index (κ1) is 47.6. The molecule has 2 atom stereocenters. The molecule has 0 spiro atoms. The zero-order chi connectivity index (χ0) is 46.6. The van der Waals surface area contributed by atoms with E-state index < -0.39 is 12.5 Å². The number of aryl methyl sites for hydroxylation is 10. The van der Waals surface area contributed by atoms with E-state index in [4.69, 9.17) is 18.9 Å². The molecule has 0 radical (unpaired) electrons. The number of hydrogen-bond donors (Lipinski definition) is 2. The van der Waals surface area contributed by atoms with Gasteiger partial charge in [-0.3, -0.25) is 0 Å². The summed E-state index contributed by atoms with van der Waals surface area (Å²) in [5.74, 6) is 3.70. The zero-order valence-corrected chi connectivity index (χ0v) is 41.4. The van der Waals surface area contributed by atoms with E-state index in [1.807, 2.05) is 0 Å². The Kier molecular flexibility index (Phi) is 15.1. The molecule has 0 saturated heterocycles. The zero-order valence-electron chi connectivity index (χ0n) is 41.4. The van der Waals surface area contributed by atoms with Gasteiger partial charge in [0.15, 0.2) is 0 Å². The van der Waals surface area contributed by atoms with Gasteiger partial charge in [0.25, 0.3) is 0 Å². The molecular formula is C58H72N2O4. The van der Waals surface area contributed by atoms with Crippen molar-refractivity contribution in [1.82, 2.24) is 0 Å². The maximum absolute atomic E-state index is 6.98. The third-order valence-corrected chi connectivity index (χ3v) is 12.5. The number of anilines is 2. The van der Waals surface area contributed by atoms with Crippen molar-refractivity contribution in [3.8, 4) is 34.1 Å². The van der Waals surface area contributed by atoms with Crippen LogP contribution in [0.25, 0.3) is 11.1 Å². The molecule has 6 aromatic rings. The molecular weight excluding hydrogens is 789 g/mol. The molecule has 0 aliphatic heterocycles. The van der Waals surface area contributed by atoms with Crippen LogP contribution in [-0.4, -0.2) is 25.7 Å². The van der Waals surface area contributed by atoms with Crippen LogP contribution in [0.2, 0.25) is 0 Å². The second kappa shape index (κ2) is 20.3. The average molecular weight is 861 g/mol. The summed E-state index contributed by atoms with van der Waals surface area (Å²) < 4.78 is 27.3. The average Bonchev–Trinajstić information content (AvgIpc) is 3.22. The summed E-state index contributed by atoms with van der Waals surface area (Å²) in [6.45, 7) is 35.4. The molecule has 0 aliphatic rings. The van der Waals surface area contributed by atoms with Crippen LogP contribution in [0.3, 0.4) is 0 Å². The molecule has 0 fully saturated rings. The van der Waals surface area contributed by atoms with Gasteiger partial charge >= 0.3 is 0 Å². The van der Waals surface area contributed by atoms with Crippen molar-refractivity contribution >= 4 is 11.4 Å². The Morgan fingerprint density at radius 3 is 0.953 bits per heavy atom. The van der Waals surface area contributed by atoms with Gasteiger partial charge in [-0.2, -0.15) is 0 Å². The van der Waals surface area contributed by atoms with Gasteiger partial charge in [-0.15, -0.1) is 0 Å². The molecule has 2 unspecified atom stereocenters. The van der Waals surface area contributed by atoms with Crippen LogP contribution in [0.15, 0.2) is 84.9 Å². The number of ether oxygens (including phenoxy) is 4. The smallest absolute Gasteiger partial charge is 0.204 e. The Morgan fingerprint density at radius 1 is 0.375 bits per heavy atom. The van der Waals surface area contributed by atoms with Crippen LogP contribution in [0.4, 0.5) is 11.4 Å². The molecule has 6 aromatic carbocycles. The molecule has 338 valence electrons. The predicted molar refractivity (Wildman–Crippen MR) is 270 cm³/mol. The van der Waals surface area contributed by atoms with E-state index in [0.717, 1.165) is 67.8 Å². The topological polar surface area (TPSA) is 61.0 Å². The van der Waals surface area contributed by atoms with Crippen LogP contribution < -0.4 is 29.6 Å². The van der Waals surface area contributed by atoms with Crippen molar-refractivity contribution < 1.29 is 18.9 Å². The summed E-state index contributed by atoms with van der Waals surface area (Å²) in [4.78, 5) is 0. The summed E-state index contributed by atoms with van der Waals surface area (Å²) in [7, 11) is 0. The Morgan fingerprint density at radius 2 is 0.672 bits per heavy atom. The lowest BCUT2D eigenvalue weighted by atomic mass is 9.82. The maximum atomic E-state index is 6.98. The first-order valence-corrected chi connectivity index (χ1v) is 23.0. The summed E-state index contributed by atoms with van der Waals surface area (Å²) in [5.41, 5.74) is 20.7. The minimum absolute atomic E-state index is 0.195. The van der Waals surface area contributed by atoms with Crippen LogP contribution in [0, 0.1) is 83.1 Å². The van der Waals surface area contributed by atoms with E-state index in [2.05, 4.69) is 206 Å². The van der Waals surface area contributed by atoms with Crippen molar-refractivity contribution in [2.24, 2.45) is 0 Å². The third-order valence-electron chi connectivity index (χ3n) is 12.5. The molecule has 6 nitrogen and oxygen atoms in total. The summed E-state index contributed by atoms with van der Waals surface area (Å²) in [6, 6.07) is 30.0. The van der Waals surface area contributed by atoms with Gasteiger partial charge in [-0.1, -0.05) is 111 Å². The fraction of sp³-hybridized carbons (Fsp3) is 0.379. The number of rotatable bonds is 17. The highest BCUT2D eigenvalue weighted by atomic mass is 16.5. The largest absolute Gasteiger partial charge is 0.487 e. The minimum atomic E-state index is -0.543. The van der Waals surface area contributed by atoms with Crippen molar-refractivity contribution in [1.29, 1.82) is 0 Å². The van der Waals surface area contributed by atoms with Gasteiger partial charge in [-0.25, -0.2) is 0 Å². The van der Waals surface area contributed by atoms with Gasteiger partial charge in [0, 0.05) is 22.5 Å². The van der Waals surface area contributed by atoms with Crippen molar-refractivity contribution in [3.63, 3.8) is 0 Å². The Balaban J connectivity index is 1.55. The van der Waals surface area contributed by atoms with Crippen LogP contribution in [-0.2, 0) is 0 Å². The van der Waals surface area contributed by atoms with Gasteiger partial charge in [0.05, 0.1) is 0 Å². The molecule has 64 heavy (non-hydrogen) atoms. The van der Waals surface area contributed by atoms with E-state index in [0.29, 0.717) is 0 Å². The van der Waals surface area contributed by atoms with Crippen LogP contribution >= 0.6 is 0 Å². The Bertz CT molecular complexity index is 2440. The highest BCUT2D eigenvalue weighted by Gasteiger charge is 2.29. The summed E-state index contributed by atoms with van der Waals surface area (Å²) in [6.07, 6.45) is -1.09. The van der Waals surface area contributed by atoms with E-state index in [1.165, 1.54) is 55.6 Å². The van der Waals surface area contributed by atoms with Crippen molar-refractivity contribution in [2.75, 3.05) is 23.8 Å². The molecule has 0 bridgehead atoms. The molecule has 0 amide bonds. The number of benzene rings is 6. The molecule has 2 N–H and O–H groups in total. The maximum Gasteiger partial charge on any atom is 0.204 e. The lowest BCUT2D eigenvalue weighted by Gasteiger charge is -2.32. The van der Waals surface area contributed by atoms with Crippen LogP contribution in [0.1, 0.15) is 117 Å². The minimum Gasteiger partial charge on any atom is -0.487 e. The molecule has 6 heteroatoms. The third kappa shape index (κ3) is 11.1. The van der Waals surface area contributed by atoms with Gasteiger partial charge in [0.2, 0.25) is 12.5 Å². The predicted octanol–water partition coefficient (Wildman–Crippen LogP) is 15.1. The molecule has 0 aromatic heterocycles. The fourth-order valence-electron chi connectivity index (χ4n) is 8.69. The van der Waals surface area contributed by atoms with E-state index in [-0.39, 0.29) is 25.0 Å². The van der Waals surface area contributed by atoms with Crippen molar-refractivity contribution in [2.45, 2.75) is 135 Å². The second-order valence-electron chi connectivity index (χ2n) is 18.8. The number of hydrogen-bond acceptors (Lipinski definition) is 6. The van der Waals surface area contributed by atoms with Gasteiger partial charge in [-0.05, 0) is 175 Å². The van der Waals surface area contributed by atoms with Gasteiger partial charge in [0.1, 0.15) is 36.2 Å². The normalized spacial score (nSPS) is 12.3. The SMILES string of the molecule is Cc1ccc(OCC(Nc2c(C(C)C)cc(C)c(C)c2-c2c(C)c(C)cc(C(C)C)c2NC(COc2ccc(C)cc2C)Oc2ccc(C)cc2C)Oc2ccc(C)cc2C)c(C)c1. The molecule has 0 saturated carbocycles. The lowest BCUT2D eigenvalue weighted by Crippen LogP contribution is -2.35. The first-order valence-electron chi connectivity index (χ1n) is 23.0. The van der Waals surface area contributed by atoms with Gasteiger partial charge < -0.3 is 29.6 Å². The standard InChI is InChI=1S/C58H72N2O4/c1-33(2)47-29-39(9)45(15)55(57(47)59-53(63-51-23-19-37(7)27-43(51)13)31-61-49-21-17-35(5)25-41(49)11)56-46(16)40(10)30-48(34(3)4)58(56)60-54(64-52-24-20-38(8)28-44(52)14)32-62-50-22-18-36(6)26-42(50)12/h17-30,33-34,53-54,59-60H,31-32H2,1-16H3. The Hall–Kier alpha value is -5.88. The molecule has 6 rings (SSSR count). The quantitative estimate of drug-likeness (QED) is 0.0891. The summed E-state index contributed by atoms with van der Waals surface area (Å²) in [5, 5.41) is 8.02. The van der Waals surface area contributed by atoms with Crippen molar-refractivity contribution in [3.05, 3.63) is 163 Å². The van der Waals surface area contributed by atoms with E-state index >= 15 is 0 Å². The highest BCUT2D eigenvalue weighted by Crippen LogP contribution is 2.47. The second-order valence-corrected chi connectivity index (χ2v) is 18.8. The van der Waals surface area contributed by atoms with E-state index in [1.54, 1.807) is 0 Å². The summed E-state index contributed by atoms with van der Waals surface area (Å²) >= 11 is 0. The lowest BCUT2D eigenvalue weighted by molar-refractivity contribution is 0.148. The van der Waals surface area contributed by atoms with Crippen LogP contribution in [0.5, 0.6) is 23.0 Å². The molecule has 0 aliphatic carbocycles. The Labute approximate surface area is 384 Å². The highest BCUT2D eigenvalue weighted by molar-refractivity contribution is 5.94. The number of nitrogens with one attached hydrogen (secondary N) is 2. The van der Waals surface area contributed by atoms with E-state index in [9.17, 15) is 0 Å². The molecule has 0 heterocycles. The monoisotopic (exact) mass is 861 g/mol. The fourth-order valence-corrected chi connectivity index (χ4v) is 8.69.